The molecule has 1 aromatic carbocycles. The molecule has 23 heavy (non-hydrogen) atoms. The van der Waals surface area contributed by atoms with Crippen molar-refractivity contribution in [3.05, 3.63) is 57.5 Å². The fraction of sp³-hybridized carbons (Fsp3) is 0.133. The van der Waals surface area contributed by atoms with E-state index in [0.29, 0.717) is 0 Å². The molecule has 0 unspecified atom stereocenters. The van der Waals surface area contributed by atoms with Gasteiger partial charge in [-0.25, -0.2) is 13.8 Å². The minimum atomic E-state index is -0.824. The molecule has 1 aromatic heterocycles. The molecule has 0 radical (unpaired) electrons. The molecule has 8 heteroatoms. The summed E-state index contributed by atoms with van der Waals surface area (Å²) in [4.78, 5) is 12.3. The lowest BCUT2D eigenvalue weighted by molar-refractivity contribution is 0.362. The molecule has 0 fully saturated rings. The highest BCUT2D eigenvalue weighted by atomic mass is 35.5. The van der Waals surface area contributed by atoms with Crippen LogP contribution in [0.3, 0.4) is 0 Å². The van der Waals surface area contributed by atoms with Crippen LogP contribution in [0, 0.1) is 28.5 Å². The Kier molecular flexibility index (Phi) is 4.54. The van der Waals surface area contributed by atoms with Gasteiger partial charge in [0.05, 0.1) is 10.7 Å². The maximum atomic E-state index is 14.3. The van der Waals surface area contributed by atoms with E-state index in [4.69, 9.17) is 21.6 Å². The average molecular weight is 333 g/mol. The highest BCUT2D eigenvalue weighted by molar-refractivity contribution is 6.32. The van der Waals surface area contributed by atoms with Crippen molar-refractivity contribution in [2.75, 3.05) is 6.61 Å². The van der Waals surface area contributed by atoms with Crippen LogP contribution in [0.2, 0.25) is 5.02 Å². The van der Waals surface area contributed by atoms with Crippen LogP contribution in [0.4, 0.5) is 4.39 Å². The van der Waals surface area contributed by atoms with Crippen LogP contribution >= 0.6 is 11.6 Å². The molecule has 0 bridgehead atoms. The zero-order chi connectivity index (χ0) is 17.1. The molecule has 0 amide bonds. The summed E-state index contributed by atoms with van der Waals surface area (Å²) in [6.45, 7) is 3.62. The fourth-order valence-corrected chi connectivity index (χ4v) is 2.21. The van der Waals surface area contributed by atoms with E-state index in [-0.39, 0.29) is 34.5 Å². The second-order valence-corrected chi connectivity index (χ2v) is 4.84. The largest absolute Gasteiger partial charge is 0.488 e. The number of hydrogen-bond donors (Lipinski definition) is 0. The zero-order valence-electron chi connectivity index (χ0n) is 12.0. The first-order valence-electron chi connectivity index (χ1n) is 6.31. The van der Waals surface area contributed by atoms with Crippen molar-refractivity contribution in [1.29, 1.82) is 10.5 Å². The van der Waals surface area contributed by atoms with Gasteiger partial charge in [-0.15, -0.1) is 0 Å². The van der Waals surface area contributed by atoms with Gasteiger partial charge in [0.2, 0.25) is 0 Å². The normalized spacial score (nSPS) is 9.96. The molecule has 0 saturated heterocycles. The lowest BCUT2D eigenvalue weighted by atomic mass is 10.2. The van der Waals surface area contributed by atoms with Crippen LogP contribution in [-0.4, -0.2) is 15.7 Å². The van der Waals surface area contributed by atoms with E-state index in [1.165, 1.54) is 19.2 Å². The molecule has 6 nitrogen and oxygen atoms in total. The maximum absolute atomic E-state index is 14.3. The third-order valence-electron chi connectivity index (χ3n) is 3.07. The second kappa shape index (κ2) is 6.39. The molecule has 0 spiro atoms. The zero-order valence-corrected chi connectivity index (χ0v) is 12.8. The van der Waals surface area contributed by atoms with Crippen molar-refractivity contribution >= 4 is 11.6 Å². The minimum Gasteiger partial charge on any atom is -0.488 e. The number of rotatable bonds is 4. The molecule has 116 valence electrons. The number of aromatic nitrogens is 2. The Balaban J connectivity index is 2.78. The van der Waals surface area contributed by atoms with Crippen molar-refractivity contribution in [3.8, 4) is 23.6 Å². The van der Waals surface area contributed by atoms with Gasteiger partial charge < -0.3 is 4.74 Å². The number of nitrogens with zero attached hydrogens (tertiary/aromatic N) is 4. The Bertz CT molecular complexity index is 931. The first-order valence-corrected chi connectivity index (χ1v) is 6.69. The predicted molar refractivity (Wildman–Crippen MR) is 81.1 cm³/mol. The van der Waals surface area contributed by atoms with Gasteiger partial charge in [-0.3, -0.25) is 4.57 Å². The summed E-state index contributed by atoms with van der Waals surface area (Å²) in [6.07, 6.45) is 1.47. The molecule has 1 heterocycles. The number of imidazole rings is 1. The fourth-order valence-electron chi connectivity index (χ4n) is 2.01. The lowest BCUT2D eigenvalue weighted by Gasteiger charge is -2.10. The monoisotopic (exact) mass is 332 g/mol. The Labute approximate surface area is 135 Å². The van der Waals surface area contributed by atoms with Crippen molar-refractivity contribution in [3.63, 3.8) is 0 Å². The molecular formula is C15H10ClFN4O2. The lowest BCUT2D eigenvalue weighted by Crippen LogP contribution is -2.22. The van der Waals surface area contributed by atoms with Crippen LogP contribution in [0.5, 0.6) is 5.75 Å². The molecule has 0 saturated carbocycles. The Morgan fingerprint density at radius 2 is 2.04 bits per heavy atom. The summed E-state index contributed by atoms with van der Waals surface area (Å²) in [5.74, 6) is -0.698. The molecular weight excluding hydrogens is 323 g/mol. The van der Waals surface area contributed by atoms with Gasteiger partial charge in [-0.2, -0.15) is 10.5 Å². The van der Waals surface area contributed by atoms with Crippen LogP contribution in [-0.2, 0) is 7.05 Å². The topological polar surface area (TPSA) is 83.7 Å². The van der Waals surface area contributed by atoms with Crippen LogP contribution in [0.1, 0.15) is 11.4 Å². The third-order valence-corrected chi connectivity index (χ3v) is 3.37. The number of ether oxygens (including phenoxy) is 1. The van der Waals surface area contributed by atoms with E-state index in [0.717, 1.165) is 15.2 Å². The highest BCUT2D eigenvalue weighted by Gasteiger charge is 2.22. The van der Waals surface area contributed by atoms with E-state index >= 15 is 0 Å². The van der Waals surface area contributed by atoms with E-state index in [1.807, 2.05) is 0 Å². The Morgan fingerprint density at radius 1 is 1.39 bits per heavy atom. The second-order valence-electron chi connectivity index (χ2n) is 4.43. The first-order chi connectivity index (χ1) is 11.0. The number of nitriles is 2. The van der Waals surface area contributed by atoms with Crippen LogP contribution in [0.15, 0.2) is 29.6 Å². The molecule has 0 N–H and O–H groups in total. The quantitative estimate of drug-likeness (QED) is 0.804. The number of hydrogen-bond acceptors (Lipinski definition) is 4. The third kappa shape index (κ3) is 2.70. The van der Waals surface area contributed by atoms with E-state index < -0.39 is 11.5 Å². The molecule has 2 rings (SSSR count). The summed E-state index contributed by atoms with van der Waals surface area (Å²) in [6, 6.07) is 5.67. The van der Waals surface area contributed by atoms with E-state index in [1.54, 1.807) is 12.1 Å². The summed E-state index contributed by atoms with van der Waals surface area (Å²) in [7, 11) is 1.32. The summed E-state index contributed by atoms with van der Waals surface area (Å²) < 4.78 is 21.3. The van der Waals surface area contributed by atoms with Gasteiger partial charge in [0, 0.05) is 13.1 Å². The number of benzene rings is 1. The Morgan fingerprint density at radius 3 is 2.61 bits per heavy atom. The standard InChI is InChI=1S/C15H10ClFN4O2/c1-3-4-23-14-6-11(10(17)5-9(14)16)21-13(8-19)12(7-18)20(2)15(21)22/h3,5-6H,1,4H2,2H3. The Hall–Kier alpha value is -3.03. The molecule has 0 aliphatic rings. The van der Waals surface area contributed by atoms with Crippen molar-refractivity contribution < 1.29 is 9.13 Å². The van der Waals surface area contributed by atoms with Crippen molar-refractivity contribution in [2.24, 2.45) is 7.05 Å². The van der Waals surface area contributed by atoms with Crippen LogP contribution < -0.4 is 10.4 Å². The molecule has 0 aliphatic carbocycles. The van der Waals surface area contributed by atoms with Crippen LogP contribution in [0.25, 0.3) is 5.69 Å². The van der Waals surface area contributed by atoms with E-state index in [2.05, 4.69) is 6.58 Å². The smallest absolute Gasteiger partial charge is 0.334 e. The molecule has 2 aromatic rings. The molecule has 0 atom stereocenters. The van der Waals surface area contributed by atoms with E-state index in [9.17, 15) is 14.4 Å². The van der Waals surface area contributed by atoms with Gasteiger partial charge >= 0.3 is 5.69 Å². The van der Waals surface area contributed by atoms with Gasteiger partial charge in [-0.05, 0) is 6.07 Å². The highest BCUT2D eigenvalue weighted by Crippen LogP contribution is 2.30. The average Bonchev–Trinajstić information content (AvgIpc) is 2.77. The van der Waals surface area contributed by atoms with Gasteiger partial charge in [0.25, 0.3) is 0 Å². The number of halogens is 2. The maximum Gasteiger partial charge on any atom is 0.334 e. The molecule has 0 aliphatic heterocycles. The van der Waals surface area contributed by atoms with Crippen molar-refractivity contribution in [1.82, 2.24) is 9.13 Å². The van der Waals surface area contributed by atoms with Crippen molar-refractivity contribution in [2.45, 2.75) is 0 Å². The van der Waals surface area contributed by atoms with Gasteiger partial charge in [0.15, 0.2) is 11.4 Å². The first kappa shape index (κ1) is 16.3. The SMILES string of the molecule is C=CCOc1cc(-n2c(C#N)c(C#N)n(C)c2=O)c(F)cc1Cl. The van der Waals surface area contributed by atoms with Gasteiger partial charge in [0.1, 0.15) is 30.3 Å². The summed E-state index contributed by atoms with van der Waals surface area (Å²) >= 11 is 5.89. The predicted octanol–water partition coefficient (Wildman–Crippen LogP) is 2.28. The minimum absolute atomic E-state index is 0.0103. The van der Waals surface area contributed by atoms with Gasteiger partial charge in [-0.1, -0.05) is 24.3 Å². The summed E-state index contributed by atoms with van der Waals surface area (Å²) in [5.41, 5.74) is -1.39. The summed E-state index contributed by atoms with van der Waals surface area (Å²) in [5, 5.41) is 18.3.